The van der Waals surface area contributed by atoms with Crippen LogP contribution in [0, 0.1) is 6.92 Å². The highest BCUT2D eigenvalue weighted by Gasteiger charge is 2.32. The van der Waals surface area contributed by atoms with Gasteiger partial charge in [0.1, 0.15) is 0 Å². The molecule has 0 radical (unpaired) electrons. The van der Waals surface area contributed by atoms with Crippen LogP contribution < -0.4 is 5.73 Å². The van der Waals surface area contributed by atoms with Crippen molar-refractivity contribution in [1.82, 2.24) is 4.98 Å². The molecule has 1 aliphatic heterocycles. The van der Waals surface area contributed by atoms with Gasteiger partial charge in [-0.3, -0.25) is 4.98 Å². The molecule has 17 heavy (non-hydrogen) atoms. The molecule has 1 aromatic heterocycles. The number of rotatable bonds is 4. The molecule has 0 atom stereocenters. The smallest absolute Gasteiger partial charge is 0.0852 e. The Labute approximate surface area is 102 Å². The quantitative estimate of drug-likeness (QED) is 0.859. The molecule has 2 N–H and O–H groups in total. The van der Waals surface area contributed by atoms with E-state index in [1.165, 1.54) is 0 Å². The summed E-state index contributed by atoms with van der Waals surface area (Å²) in [5, 5.41) is 0. The first-order chi connectivity index (χ1) is 8.24. The lowest BCUT2D eigenvalue weighted by atomic mass is 9.94. The van der Waals surface area contributed by atoms with Crippen LogP contribution in [0.15, 0.2) is 18.5 Å². The van der Waals surface area contributed by atoms with Crippen molar-refractivity contribution < 1.29 is 9.47 Å². The van der Waals surface area contributed by atoms with Gasteiger partial charge in [0, 0.05) is 45.0 Å². The standard InChI is InChI=1S/C13H20N2O2/c1-11-6-12(8-15-7-11)9-17-13(10-14)2-4-16-5-3-13/h6-8H,2-5,9-10,14H2,1H3. The third-order valence-electron chi connectivity index (χ3n) is 3.25. The molecular formula is C13H20N2O2. The van der Waals surface area contributed by atoms with E-state index in [2.05, 4.69) is 11.1 Å². The number of hydrogen-bond acceptors (Lipinski definition) is 4. The van der Waals surface area contributed by atoms with Gasteiger partial charge >= 0.3 is 0 Å². The maximum Gasteiger partial charge on any atom is 0.0852 e. The summed E-state index contributed by atoms with van der Waals surface area (Å²) in [6, 6.07) is 2.09. The Hall–Kier alpha value is -0.970. The second-order valence-electron chi connectivity index (χ2n) is 4.66. The lowest BCUT2D eigenvalue weighted by molar-refractivity contribution is -0.112. The number of nitrogens with two attached hydrogens (primary N) is 1. The van der Waals surface area contributed by atoms with E-state index in [4.69, 9.17) is 15.2 Å². The SMILES string of the molecule is Cc1cncc(COC2(CN)CCOCC2)c1. The van der Waals surface area contributed by atoms with Gasteiger partial charge < -0.3 is 15.2 Å². The number of aryl methyl sites for hydroxylation is 1. The molecule has 1 fully saturated rings. The van der Waals surface area contributed by atoms with E-state index in [1.54, 1.807) is 0 Å². The summed E-state index contributed by atoms with van der Waals surface area (Å²) in [7, 11) is 0. The minimum atomic E-state index is -0.206. The molecule has 0 amide bonds. The summed E-state index contributed by atoms with van der Waals surface area (Å²) in [6.45, 7) is 4.64. The fourth-order valence-electron chi connectivity index (χ4n) is 2.08. The molecule has 2 rings (SSSR count). The van der Waals surface area contributed by atoms with Crippen LogP contribution in [0.1, 0.15) is 24.0 Å². The number of pyridine rings is 1. The van der Waals surface area contributed by atoms with E-state index in [1.807, 2.05) is 19.3 Å². The summed E-state index contributed by atoms with van der Waals surface area (Å²) >= 11 is 0. The van der Waals surface area contributed by atoms with Gasteiger partial charge in [-0.1, -0.05) is 6.07 Å². The minimum Gasteiger partial charge on any atom is -0.381 e. The van der Waals surface area contributed by atoms with Gasteiger partial charge in [-0.2, -0.15) is 0 Å². The average Bonchev–Trinajstić information content (AvgIpc) is 2.38. The summed E-state index contributed by atoms with van der Waals surface area (Å²) in [4.78, 5) is 4.16. The Balaban J connectivity index is 1.95. The van der Waals surface area contributed by atoms with Crippen molar-refractivity contribution in [1.29, 1.82) is 0 Å². The highest BCUT2D eigenvalue weighted by atomic mass is 16.5. The normalized spacial score (nSPS) is 19.2. The molecule has 0 aliphatic carbocycles. The predicted molar refractivity (Wildman–Crippen MR) is 65.6 cm³/mol. The van der Waals surface area contributed by atoms with E-state index in [9.17, 15) is 0 Å². The molecule has 1 aliphatic rings. The summed E-state index contributed by atoms with van der Waals surface area (Å²) in [5.41, 5.74) is 7.88. The molecule has 0 bridgehead atoms. The number of aromatic nitrogens is 1. The molecule has 94 valence electrons. The van der Waals surface area contributed by atoms with Crippen LogP contribution in [-0.4, -0.2) is 30.3 Å². The number of ether oxygens (including phenoxy) is 2. The zero-order valence-electron chi connectivity index (χ0n) is 10.3. The first-order valence-electron chi connectivity index (χ1n) is 6.06. The Morgan fingerprint density at radius 1 is 1.41 bits per heavy atom. The zero-order chi connectivity index (χ0) is 12.1. The Bertz CT molecular complexity index is 362. The molecule has 1 aromatic rings. The van der Waals surface area contributed by atoms with Crippen LogP contribution in [0.3, 0.4) is 0 Å². The third kappa shape index (κ3) is 3.25. The minimum absolute atomic E-state index is 0.206. The molecule has 4 nitrogen and oxygen atoms in total. The predicted octanol–water partition coefficient (Wildman–Crippen LogP) is 1.41. The average molecular weight is 236 g/mol. The van der Waals surface area contributed by atoms with Crippen molar-refractivity contribution in [2.24, 2.45) is 5.73 Å². The fourth-order valence-corrected chi connectivity index (χ4v) is 2.08. The van der Waals surface area contributed by atoms with Crippen LogP contribution >= 0.6 is 0 Å². The molecule has 0 aromatic carbocycles. The van der Waals surface area contributed by atoms with Crippen LogP contribution in [0.25, 0.3) is 0 Å². The van der Waals surface area contributed by atoms with Crippen molar-refractivity contribution in [3.05, 3.63) is 29.6 Å². The van der Waals surface area contributed by atoms with E-state index in [0.29, 0.717) is 13.2 Å². The van der Waals surface area contributed by atoms with Crippen molar-refractivity contribution >= 4 is 0 Å². The summed E-state index contributed by atoms with van der Waals surface area (Å²) in [6.07, 6.45) is 5.44. The molecule has 2 heterocycles. The number of nitrogens with zero attached hydrogens (tertiary/aromatic N) is 1. The van der Waals surface area contributed by atoms with Crippen LogP contribution in [0.4, 0.5) is 0 Å². The molecular weight excluding hydrogens is 216 g/mol. The zero-order valence-corrected chi connectivity index (χ0v) is 10.3. The van der Waals surface area contributed by atoms with Crippen LogP contribution in [-0.2, 0) is 16.1 Å². The van der Waals surface area contributed by atoms with Gasteiger partial charge in [-0.15, -0.1) is 0 Å². The molecule has 1 saturated heterocycles. The highest BCUT2D eigenvalue weighted by molar-refractivity contribution is 5.15. The third-order valence-corrected chi connectivity index (χ3v) is 3.25. The fraction of sp³-hybridized carbons (Fsp3) is 0.615. The molecule has 4 heteroatoms. The monoisotopic (exact) mass is 236 g/mol. The second kappa shape index (κ2) is 5.58. The van der Waals surface area contributed by atoms with Crippen molar-refractivity contribution in [3.63, 3.8) is 0 Å². The number of hydrogen-bond donors (Lipinski definition) is 1. The maximum atomic E-state index is 6.02. The Kier molecular flexibility index (Phi) is 4.10. The van der Waals surface area contributed by atoms with Gasteiger partial charge in [0.2, 0.25) is 0 Å². The van der Waals surface area contributed by atoms with E-state index >= 15 is 0 Å². The van der Waals surface area contributed by atoms with Crippen LogP contribution in [0.5, 0.6) is 0 Å². The highest BCUT2D eigenvalue weighted by Crippen LogP contribution is 2.25. The molecule has 0 unspecified atom stereocenters. The Morgan fingerprint density at radius 2 is 2.18 bits per heavy atom. The van der Waals surface area contributed by atoms with E-state index in [-0.39, 0.29) is 5.60 Å². The summed E-state index contributed by atoms with van der Waals surface area (Å²) in [5.74, 6) is 0. The van der Waals surface area contributed by atoms with Gasteiger partial charge in [0.15, 0.2) is 0 Å². The molecule has 0 saturated carbocycles. The van der Waals surface area contributed by atoms with Crippen LogP contribution in [0.2, 0.25) is 0 Å². The van der Waals surface area contributed by atoms with Gasteiger partial charge in [0.25, 0.3) is 0 Å². The van der Waals surface area contributed by atoms with Gasteiger partial charge in [-0.25, -0.2) is 0 Å². The Morgan fingerprint density at radius 3 is 2.82 bits per heavy atom. The second-order valence-corrected chi connectivity index (χ2v) is 4.66. The van der Waals surface area contributed by atoms with Gasteiger partial charge in [0.05, 0.1) is 12.2 Å². The first kappa shape index (κ1) is 12.5. The topological polar surface area (TPSA) is 57.4 Å². The molecule has 0 spiro atoms. The van der Waals surface area contributed by atoms with Crippen molar-refractivity contribution in [2.45, 2.75) is 32.0 Å². The summed E-state index contributed by atoms with van der Waals surface area (Å²) < 4.78 is 11.4. The lowest BCUT2D eigenvalue weighted by Gasteiger charge is -2.36. The van der Waals surface area contributed by atoms with Crippen molar-refractivity contribution in [2.75, 3.05) is 19.8 Å². The largest absolute Gasteiger partial charge is 0.381 e. The first-order valence-corrected chi connectivity index (χ1v) is 6.06. The van der Waals surface area contributed by atoms with Gasteiger partial charge in [-0.05, 0) is 18.1 Å². The van der Waals surface area contributed by atoms with E-state index < -0.39 is 0 Å². The lowest BCUT2D eigenvalue weighted by Crippen LogP contribution is -2.45. The maximum absolute atomic E-state index is 6.02. The van der Waals surface area contributed by atoms with E-state index in [0.717, 1.165) is 37.2 Å². The van der Waals surface area contributed by atoms with Crippen molar-refractivity contribution in [3.8, 4) is 0 Å².